The van der Waals surface area contributed by atoms with Gasteiger partial charge in [-0.25, -0.2) is 9.78 Å². The highest BCUT2D eigenvalue weighted by Gasteiger charge is 2.24. The molecule has 0 aromatic carbocycles. The molecular weight excluding hydrogens is 260 g/mol. The van der Waals surface area contributed by atoms with E-state index in [-0.39, 0.29) is 18.5 Å². The van der Waals surface area contributed by atoms with Gasteiger partial charge in [0.2, 0.25) is 0 Å². The molecule has 1 rings (SSSR count). The van der Waals surface area contributed by atoms with Crippen molar-refractivity contribution >= 4 is 12.0 Å². The van der Waals surface area contributed by atoms with Gasteiger partial charge in [-0.2, -0.15) is 0 Å². The number of carbonyl (C=O) groups is 2. The van der Waals surface area contributed by atoms with Crippen LogP contribution in [0.4, 0.5) is 4.79 Å². The molecule has 7 nitrogen and oxygen atoms in total. The van der Waals surface area contributed by atoms with Gasteiger partial charge >= 0.3 is 12.0 Å². The van der Waals surface area contributed by atoms with Crippen LogP contribution in [0.3, 0.4) is 0 Å². The highest BCUT2D eigenvalue weighted by atomic mass is 16.4. The quantitative estimate of drug-likeness (QED) is 0.849. The summed E-state index contributed by atoms with van der Waals surface area (Å²) in [4.78, 5) is 30.4. The number of nitrogens with zero attached hydrogens (tertiary/aromatic N) is 4. The van der Waals surface area contributed by atoms with Crippen molar-refractivity contribution in [3.05, 3.63) is 18.2 Å². The average molecular weight is 282 g/mol. The summed E-state index contributed by atoms with van der Waals surface area (Å²) < 4.78 is 1.85. The molecule has 0 spiro atoms. The van der Waals surface area contributed by atoms with Crippen molar-refractivity contribution in [2.45, 2.75) is 32.9 Å². The van der Waals surface area contributed by atoms with E-state index in [1.807, 2.05) is 24.7 Å². The van der Waals surface area contributed by atoms with Crippen LogP contribution in [0.2, 0.25) is 0 Å². The van der Waals surface area contributed by atoms with Crippen LogP contribution in [-0.4, -0.2) is 56.1 Å². The van der Waals surface area contributed by atoms with Crippen LogP contribution in [-0.2, 0) is 18.4 Å². The van der Waals surface area contributed by atoms with Crippen LogP contribution in [0.1, 0.15) is 26.1 Å². The van der Waals surface area contributed by atoms with E-state index in [0.717, 1.165) is 5.82 Å². The Bertz CT molecular complexity index is 472. The fourth-order valence-corrected chi connectivity index (χ4v) is 2.05. The summed E-state index contributed by atoms with van der Waals surface area (Å²) in [6.07, 6.45) is 3.44. The Morgan fingerprint density at radius 2 is 2.15 bits per heavy atom. The third kappa shape index (κ3) is 3.97. The van der Waals surface area contributed by atoms with Crippen molar-refractivity contribution in [2.24, 2.45) is 7.05 Å². The molecule has 0 aliphatic carbocycles. The molecule has 1 atom stereocenters. The number of carboxylic acids is 1. The highest BCUT2D eigenvalue weighted by molar-refractivity contribution is 5.75. The summed E-state index contributed by atoms with van der Waals surface area (Å²) in [6, 6.07) is -0.530. The van der Waals surface area contributed by atoms with Crippen molar-refractivity contribution in [3.63, 3.8) is 0 Å². The molecule has 1 N–H and O–H groups in total. The third-order valence-electron chi connectivity index (χ3n) is 3.21. The monoisotopic (exact) mass is 282 g/mol. The number of aromatic nitrogens is 2. The van der Waals surface area contributed by atoms with Gasteiger partial charge in [0.1, 0.15) is 5.82 Å². The Hall–Kier alpha value is -2.05. The highest BCUT2D eigenvalue weighted by Crippen LogP contribution is 2.09. The Balaban J connectivity index is 2.70. The number of aryl methyl sites for hydroxylation is 1. The smallest absolute Gasteiger partial charge is 0.320 e. The summed E-state index contributed by atoms with van der Waals surface area (Å²) in [7, 11) is 3.55. The number of carbonyl (C=O) groups excluding carboxylic acids is 1. The van der Waals surface area contributed by atoms with Crippen LogP contribution in [0.5, 0.6) is 0 Å². The predicted molar refractivity (Wildman–Crippen MR) is 74.2 cm³/mol. The maximum atomic E-state index is 12.4. The molecule has 1 heterocycles. The zero-order valence-electron chi connectivity index (χ0n) is 12.4. The van der Waals surface area contributed by atoms with E-state index in [1.54, 1.807) is 30.0 Å². The lowest BCUT2D eigenvalue weighted by molar-refractivity contribution is -0.138. The molecule has 7 heteroatoms. The summed E-state index contributed by atoms with van der Waals surface area (Å²) in [5, 5.41) is 8.83. The van der Waals surface area contributed by atoms with Crippen LogP contribution in [0.25, 0.3) is 0 Å². The van der Waals surface area contributed by atoms with Crippen molar-refractivity contribution in [1.82, 2.24) is 19.4 Å². The fraction of sp³-hybridized carbons (Fsp3) is 0.615. The maximum Gasteiger partial charge on any atom is 0.320 e. The van der Waals surface area contributed by atoms with Gasteiger partial charge in [-0.15, -0.1) is 0 Å². The first-order valence-electron chi connectivity index (χ1n) is 6.56. The number of hydrogen-bond donors (Lipinski definition) is 1. The summed E-state index contributed by atoms with van der Waals surface area (Å²) >= 11 is 0. The molecule has 0 bridgehead atoms. The van der Waals surface area contributed by atoms with Crippen molar-refractivity contribution in [1.29, 1.82) is 0 Å². The minimum atomic E-state index is -0.907. The van der Waals surface area contributed by atoms with E-state index < -0.39 is 5.97 Å². The van der Waals surface area contributed by atoms with Gasteiger partial charge < -0.3 is 19.5 Å². The first-order valence-corrected chi connectivity index (χ1v) is 6.56. The van der Waals surface area contributed by atoms with Crippen molar-refractivity contribution in [3.8, 4) is 0 Å². The lowest BCUT2D eigenvalue weighted by Gasteiger charge is -2.31. The fourth-order valence-electron chi connectivity index (χ4n) is 2.05. The lowest BCUT2D eigenvalue weighted by atomic mass is 10.2. The Kier molecular flexibility index (Phi) is 5.54. The predicted octanol–water partition coefficient (Wildman–Crippen LogP) is 1.16. The van der Waals surface area contributed by atoms with Crippen LogP contribution >= 0.6 is 0 Å². The van der Waals surface area contributed by atoms with Crippen LogP contribution in [0, 0.1) is 0 Å². The first kappa shape index (κ1) is 16.0. The zero-order chi connectivity index (χ0) is 15.3. The number of aliphatic carboxylic acids is 1. The second-order valence-corrected chi connectivity index (χ2v) is 4.83. The standard InChI is InChI=1S/C13H22N4O3/c1-5-17(10(2)8-12(18)19)13(20)16(4)9-11-14-6-7-15(11)3/h6-7,10H,5,8-9H2,1-4H3,(H,18,19). The van der Waals surface area contributed by atoms with E-state index in [2.05, 4.69) is 4.98 Å². The SMILES string of the molecule is CCN(C(=O)N(C)Cc1nccn1C)C(C)CC(=O)O. The van der Waals surface area contributed by atoms with E-state index >= 15 is 0 Å². The molecule has 0 radical (unpaired) electrons. The Morgan fingerprint density at radius 1 is 1.50 bits per heavy atom. The van der Waals surface area contributed by atoms with Crippen LogP contribution < -0.4 is 0 Å². The molecule has 2 amide bonds. The van der Waals surface area contributed by atoms with Gasteiger partial charge in [-0.05, 0) is 13.8 Å². The second kappa shape index (κ2) is 6.93. The first-order chi connectivity index (χ1) is 9.36. The normalized spacial score (nSPS) is 12.0. The molecule has 1 aromatic heterocycles. The van der Waals surface area contributed by atoms with Gasteiger partial charge in [-0.1, -0.05) is 0 Å². The lowest BCUT2D eigenvalue weighted by Crippen LogP contribution is -2.46. The summed E-state index contributed by atoms with van der Waals surface area (Å²) in [6.45, 7) is 4.44. The zero-order valence-corrected chi connectivity index (χ0v) is 12.4. The largest absolute Gasteiger partial charge is 0.481 e. The average Bonchev–Trinajstić information content (AvgIpc) is 2.74. The Morgan fingerprint density at radius 3 is 2.60 bits per heavy atom. The molecule has 0 aliphatic rings. The molecular formula is C13H22N4O3. The molecule has 0 saturated heterocycles. The molecule has 0 saturated carbocycles. The Labute approximate surface area is 118 Å². The minimum Gasteiger partial charge on any atom is -0.481 e. The van der Waals surface area contributed by atoms with Gasteiger partial charge in [0.05, 0.1) is 13.0 Å². The maximum absolute atomic E-state index is 12.4. The molecule has 1 aromatic rings. The van der Waals surface area contributed by atoms with Gasteiger partial charge in [0, 0.05) is 39.1 Å². The number of imidazole rings is 1. The van der Waals surface area contributed by atoms with E-state index in [4.69, 9.17) is 5.11 Å². The second-order valence-electron chi connectivity index (χ2n) is 4.83. The van der Waals surface area contributed by atoms with Gasteiger partial charge in [0.25, 0.3) is 0 Å². The number of carboxylic acid groups (broad SMARTS) is 1. The molecule has 0 aliphatic heterocycles. The molecule has 0 fully saturated rings. The number of amides is 2. The van der Waals surface area contributed by atoms with Gasteiger partial charge in [-0.3, -0.25) is 4.79 Å². The van der Waals surface area contributed by atoms with Gasteiger partial charge in [0.15, 0.2) is 0 Å². The number of urea groups is 1. The van der Waals surface area contributed by atoms with Crippen molar-refractivity contribution < 1.29 is 14.7 Å². The third-order valence-corrected chi connectivity index (χ3v) is 3.21. The topological polar surface area (TPSA) is 78.7 Å². The minimum absolute atomic E-state index is 0.0597. The molecule has 1 unspecified atom stereocenters. The summed E-state index contributed by atoms with van der Waals surface area (Å²) in [5.74, 6) is -0.127. The van der Waals surface area contributed by atoms with Crippen molar-refractivity contribution in [2.75, 3.05) is 13.6 Å². The molecule has 20 heavy (non-hydrogen) atoms. The van der Waals surface area contributed by atoms with E-state index in [1.165, 1.54) is 0 Å². The summed E-state index contributed by atoms with van der Waals surface area (Å²) in [5.41, 5.74) is 0. The van der Waals surface area contributed by atoms with Crippen LogP contribution in [0.15, 0.2) is 12.4 Å². The van der Waals surface area contributed by atoms with E-state index in [9.17, 15) is 9.59 Å². The number of rotatable bonds is 6. The van der Waals surface area contributed by atoms with E-state index in [0.29, 0.717) is 13.1 Å². The molecule has 112 valence electrons. The number of hydrogen-bond acceptors (Lipinski definition) is 3.